The minimum Gasteiger partial charge on any atom is -0.464 e. The number of benzene rings is 2. The van der Waals surface area contributed by atoms with Gasteiger partial charge in [0.05, 0.1) is 12.2 Å². The molecule has 0 bridgehead atoms. The predicted molar refractivity (Wildman–Crippen MR) is 82.9 cm³/mol. The Balaban J connectivity index is 2.03. The van der Waals surface area contributed by atoms with Crippen LogP contribution in [0.1, 0.15) is 13.8 Å². The normalized spacial score (nSPS) is 11.0. The Morgan fingerprint density at radius 2 is 1.62 bits per heavy atom. The lowest BCUT2D eigenvalue weighted by molar-refractivity contribution is -0.138. The van der Waals surface area contributed by atoms with Gasteiger partial charge in [0.1, 0.15) is 12.0 Å². The quantitative estimate of drug-likeness (QED) is 0.468. The highest BCUT2D eigenvalue weighted by Crippen LogP contribution is 2.22. The molecule has 3 heteroatoms. The van der Waals surface area contributed by atoms with E-state index in [1.807, 2.05) is 42.5 Å². The van der Waals surface area contributed by atoms with Crippen molar-refractivity contribution in [1.29, 1.82) is 0 Å². The van der Waals surface area contributed by atoms with Crippen molar-refractivity contribution in [3.05, 3.63) is 66.4 Å². The minimum absolute atomic E-state index is 0.357. The predicted octanol–water partition coefficient (Wildman–Crippen LogP) is 4.20. The Kier molecular flexibility index (Phi) is 5.16. The van der Waals surface area contributed by atoms with E-state index in [0.29, 0.717) is 17.9 Å². The number of esters is 1. The van der Waals surface area contributed by atoms with E-state index in [-0.39, 0.29) is 5.97 Å². The molecule has 21 heavy (non-hydrogen) atoms. The second-order valence-corrected chi connectivity index (χ2v) is 4.53. The number of carbonyl (C=O) groups excluding carboxylic acids is 1. The molecule has 0 aliphatic heterocycles. The molecule has 2 aromatic rings. The molecule has 0 aromatic heterocycles. The molecule has 0 N–H and O–H groups in total. The molecule has 0 aliphatic carbocycles. The lowest BCUT2D eigenvalue weighted by Crippen LogP contribution is -2.06. The van der Waals surface area contributed by atoms with E-state index in [2.05, 4.69) is 12.1 Å². The van der Waals surface area contributed by atoms with Crippen molar-refractivity contribution < 1.29 is 14.3 Å². The molecule has 0 atom stereocenters. The van der Waals surface area contributed by atoms with Crippen LogP contribution in [-0.4, -0.2) is 12.6 Å². The summed E-state index contributed by atoms with van der Waals surface area (Å²) < 4.78 is 10.3. The molecular formula is C18H18O3. The molecule has 0 spiro atoms. The maximum atomic E-state index is 11.4. The first-order valence-corrected chi connectivity index (χ1v) is 6.86. The average Bonchev–Trinajstić information content (AvgIpc) is 2.54. The van der Waals surface area contributed by atoms with Crippen molar-refractivity contribution in [2.24, 2.45) is 0 Å². The van der Waals surface area contributed by atoms with Crippen molar-refractivity contribution in [3.63, 3.8) is 0 Å². The van der Waals surface area contributed by atoms with Gasteiger partial charge in [0.25, 0.3) is 0 Å². The van der Waals surface area contributed by atoms with E-state index in [9.17, 15) is 4.79 Å². The molecule has 0 unspecified atom stereocenters. The summed E-state index contributed by atoms with van der Waals surface area (Å²) in [5.74, 6) is 0.316. The highest BCUT2D eigenvalue weighted by Gasteiger charge is 2.04. The number of carbonyl (C=O) groups is 1. The second-order valence-electron chi connectivity index (χ2n) is 4.53. The molecule has 3 nitrogen and oxygen atoms in total. The van der Waals surface area contributed by atoms with Gasteiger partial charge in [-0.3, -0.25) is 0 Å². The van der Waals surface area contributed by atoms with Crippen LogP contribution in [-0.2, 0) is 9.53 Å². The van der Waals surface area contributed by atoms with Crippen LogP contribution in [0.2, 0.25) is 0 Å². The topological polar surface area (TPSA) is 35.5 Å². The number of hydrogen-bond donors (Lipinski definition) is 0. The molecule has 0 fully saturated rings. The van der Waals surface area contributed by atoms with Crippen molar-refractivity contribution >= 4 is 5.97 Å². The summed E-state index contributed by atoms with van der Waals surface area (Å²) in [7, 11) is 0. The van der Waals surface area contributed by atoms with Gasteiger partial charge >= 0.3 is 5.97 Å². The Bertz CT molecular complexity index is 613. The molecular weight excluding hydrogens is 264 g/mol. The van der Waals surface area contributed by atoms with E-state index in [1.165, 1.54) is 6.26 Å². The monoisotopic (exact) mass is 282 g/mol. The van der Waals surface area contributed by atoms with Gasteiger partial charge in [0.2, 0.25) is 0 Å². The zero-order chi connectivity index (χ0) is 15.1. The number of hydrogen-bond acceptors (Lipinski definition) is 3. The molecule has 2 aromatic carbocycles. The molecule has 2 rings (SSSR count). The molecule has 0 saturated heterocycles. The van der Waals surface area contributed by atoms with Gasteiger partial charge in [0.15, 0.2) is 0 Å². The summed E-state index contributed by atoms with van der Waals surface area (Å²) in [4.78, 5) is 11.4. The molecule has 0 aliphatic rings. The van der Waals surface area contributed by atoms with Crippen LogP contribution in [0.25, 0.3) is 11.1 Å². The van der Waals surface area contributed by atoms with Gasteiger partial charge in [-0.25, -0.2) is 4.79 Å². The fourth-order valence-electron chi connectivity index (χ4n) is 1.81. The third-order valence-corrected chi connectivity index (χ3v) is 2.93. The highest BCUT2D eigenvalue weighted by molar-refractivity contribution is 5.87. The summed E-state index contributed by atoms with van der Waals surface area (Å²) in [5.41, 5.74) is 2.71. The molecule has 108 valence electrons. The first-order chi connectivity index (χ1) is 10.2. The van der Waals surface area contributed by atoms with Gasteiger partial charge in [0, 0.05) is 0 Å². The zero-order valence-corrected chi connectivity index (χ0v) is 12.2. The minimum atomic E-state index is -0.363. The average molecular weight is 282 g/mol. The Labute approximate surface area is 124 Å². The summed E-state index contributed by atoms with van der Waals surface area (Å²) in [5, 5.41) is 0. The SMILES string of the molecule is CCOC(=O)C(C)=COc1ccc(-c2ccccc2)cc1. The Morgan fingerprint density at radius 3 is 2.24 bits per heavy atom. The molecule has 0 heterocycles. The Morgan fingerprint density at radius 1 is 1.00 bits per heavy atom. The number of ether oxygens (including phenoxy) is 2. The van der Waals surface area contributed by atoms with E-state index < -0.39 is 0 Å². The van der Waals surface area contributed by atoms with E-state index in [1.54, 1.807) is 13.8 Å². The lowest BCUT2D eigenvalue weighted by atomic mass is 10.1. The lowest BCUT2D eigenvalue weighted by Gasteiger charge is -2.05. The maximum absolute atomic E-state index is 11.4. The first-order valence-electron chi connectivity index (χ1n) is 6.86. The third-order valence-electron chi connectivity index (χ3n) is 2.93. The van der Waals surface area contributed by atoms with Gasteiger partial charge < -0.3 is 9.47 Å². The summed E-state index contributed by atoms with van der Waals surface area (Å²) in [6, 6.07) is 17.8. The summed E-state index contributed by atoms with van der Waals surface area (Å²) in [6.45, 7) is 3.79. The largest absolute Gasteiger partial charge is 0.464 e. The fraction of sp³-hybridized carbons (Fsp3) is 0.167. The van der Waals surface area contributed by atoms with Gasteiger partial charge in [-0.1, -0.05) is 42.5 Å². The zero-order valence-electron chi connectivity index (χ0n) is 12.2. The van der Waals surface area contributed by atoms with Crippen LogP contribution in [0.15, 0.2) is 66.4 Å². The van der Waals surface area contributed by atoms with Crippen molar-refractivity contribution in [1.82, 2.24) is 0 Å². The highest BCUT2D eigenvalue weighted by atomic mass is 16.5. The molecule has 0 saturated carbocycles. The molecule has 0 amide bonds. The van der Waals surface area contributed by atoms with Crippen LogP contribution < -0.4 is 4.74 Å². The van der Waals surface area contributed by atoms with Crippen LogP contribution >= 0.6 is 0 Å². The Hall–Kier alpha value is -2.55. The smallest absolute Gasteiger partial charge is 0.336 e. The summed E-state index contributed by atoms with van der Waals surface area (Å²) >= 11 is 0. The van der Waals surface area contributed by atoms with Crippen LogP contribution in [0.4, 0.5) is 0 Å². The van der Waals surface area contributed by atoms with Gasteiger partial charge in [-0.2, -0.15) is 0 Å². The number of rotatable bonds is 5. The van der Waals surface area contributed by atoms with E-state index in [0.717, 1.165) is 11.1 Å². The van der Waals surface area contributed by atoms with Crippen molar-refractivity contribution in [2.45, 2.75) is 13.8 Å². The van der Waals surface area contributed by atoms with Crippen LogP contribution in [0, 0.1) is 0 Å². The first kappa shape index (κ1) is 14.9. The third kappa shape index (κ3) is 4.21. The van der Waals surface area contributed by atoms with Gasteiger partial charge in [-0.05, 0) is 37.1 Å². The maximum Gasteiger partial charge on any atom is 0.336 e. The second kappa shape index (κ2) is 7.29. The van der Waals surface area contributed by atoms with Crippen molar-refractivity contribution in [2.75, 3.05) is 6.61 Å². The van der Waals surface area contributed by atoms with E-state index in [4.69, 9.17) is 9.47 Å². The van der Waals surface area contributed by atoms with Gasteiger partial charge in [-0.15, -0.1) is 0 Å². The fourth-order valence-corrected chi connectivity index (χ4v) is 1.81. The molecule has 0 radical (unpaired) electrons. The van der Waals surface area contributed by atoms with E-state index >= 15 is 0 Å². The van der Waals surface area contributed by atoms with Crippen LogP contribution in [0.5, 0.6) is 5.75 Å². The standard InChI is InChI=1S/C18H18O3/c1-3-20-18(19)14(2)13-21-17-11-9-16(10-12-17)15-7-5-4-6-8-15/h4-13H,3H2,1-2H3. The van der Waals surface area contributed by atoms with Crippen molar-refractivity contribution in [3.8, 4) is 16.9 Å². The van der Waals surface area contributed by atoms with Crippen LogP contribution in [0.3, 0.4) is 0 Å². The summed E-state index contributed by atoms with van der Waals surface area (Å²) in [6.07, 6.45) is 1.41.